The molecule has 8 heteroatoms. The fourth-order valence-corrected chi connectivity index (χ4v) is 4.89. The fourth-order valence-electron chi connectivity index (χ4n) is 2.82. The lowest BCUT2D eigenvalue weighted by Crippen LogP contribution is -2.23. The number of thioether (sulfide) groups is 1. The molecule has 0 N–H and O–H groups in total. The minimum absolute atomic E-state index is 0.0149. The number of hydrogen-bond donors (Lipinski definition) is 0. The number of aryl methyl sites for hydroxylation is 1. The third kappa shape index (κ3) is 2.96. The number of thiophene rings is 1. The maximum atomic E-state index is 12.8. The Morgan fingerprint density at radius 3 is 2.80 bits per heavy atom. The third-order valence-electron chi connectivity index (χ3n) is 3.90. The maximum Gasteiger partial charge on any atom is 0.262 e. The van der Waals surface area contributed by atoms with Crippen molar-refractivity contribution in [2.45, 2.75) is 30.8 Å². The van der Waals surface area contributed by atoms with Crippen LogP contribution in [0.1, 0.15) is 18.2 Å². The standard InChI is InChI=1S/C17H15ClN4OS2/c1-2-9-21-15(23)12-5-3-4-6-13(12)22-16(21)19-20-17(22)24-10-11-7-8-14(18)25-11/h3-8H,2,9-10H2,1H3. The average Bonchev–Trinajstić information content (AvgIpc) is 3.23. The van der Waals surface area contributed by atoms with E-state index in [-0.39, 0.29) is 5.56 Å². The van der Waals surface area contributed by atoms with Gasteiger partial charge in [-0.1, -0.05) is 42.4 Å². The lowest BCUT2D eigenvalue weighted by atomic mass is 10.2. The molecule has 0 radical (unpaired) electrons. The van der Waals surface area contributed by atoms with Gasteiger partial charge in [-0.05, 0) is 30.7 Å². The Balaban J connectivity index is 1.87. The molecule has 3 aromatic heterocycles. The second-order valence-electron chi connectivity index (χ2n) is 5.59. The van der Waals surface area contributed by atoms with Gasteiger partial charge in [0.2, 0.25) is 5.78 Å². The summed E-state index contributed by atoms with van der Waals surface area (Å²) in [5.74, 6) is 1.36. The second-order valence-corrected chi connectivity index (χ2v) is 8.33. The quantitative estimate of drug-likeness (QED) is 0.472. The summed E-state index contributed by atoms with van der Waals surface area (Å²) in [6, 6.07) is 11.5. The summed E-state index contributed by atoms with van der Waals surface area (Å²) in [5.41, 5.74) is 0.825. The van der Waals surface area contributed by atoms with Gasteiger partial charge in [-0.15, -0.1) is 21.5 Å². The van der Waals surface area contributed by atoms with Crippen molar-refractivity contribution >= 4 is 51.4 Å². The molecule has 0 amide bonds. The first-order valence-corrected chi connectivity index (χ1v) is 10.1. The minimum Gasteiger partial charge on any atom is -0.276 e. The van der Waals surface area contributed by atoms with E-state index >= 15 is 0 Å². The molecule has 0 unspecified atom stereocenters. The summed E-state index contributed by atoms with van der Waals surface area (Å²) < 4.78 is 4.47. The highest BCUT2D eigenvalue weighted by Gasteiger charge is 2.16. The minimum atomic E-state index is -0.0149. The number of rotatable bonds is 5. The summed E-state index contributed by atoms with van der Waals surface area (Å²) in [6.45, 7) is 2.67. The van der Waals surface area contributed by atoms with E-state index in [1.165, 1.54) is 4.88 Å². The van der Waals surface area contributed by atoms with Gasteiger partial charge in [-0.3, -0.25) is 13.8 Å². The topological polar surface area (TPSA) is 52.2 Å². The summed E-state index contributed by atoms with van der Waals surface area (Å²) in [5, 5.41) is 10.1. The summed E-state index contributed by atoms with van der Waals surface area (Å²) >= 11 is 9.17. The fraction of sp³-hybridized carbons (Fsp3) is 0.235. The van der Waals surface area contributed by atoms with Gasteiger partial charge in [-0.25, -0.2) is 0 Å². The molecule has 0 atom stereocenters. The van der Waals surface area contributed by atoms with Crippen LogP contribution in [0.25, 0.3) is 16.7 Å². The summed E-state index contributed by atoms with van der Waals surface area (Å²) in [7, 11) is 0. The number of para-hydroxylation sites is 1. The van der Waals surface area contributed by atoms with Gasteiger partial charge >= 0.3 is 0 Å². The Kier molecular flexibility index (Phi) is 4.54. The van der Waals surface area contributed by atoms with Gasteiger partial charge in [-0.2, -0.15) is 0 Å². The Morgan fingerprint density at radius 1 is 1.20 bits per heavy atom. The van der Waals surface area contributed by atoms with Crippen LogP contribution in [0.5, 0.6) is 0 Å². The van der Waals surface area contributed by atoms with Crippen molar-refractivity contribution in [2.75, 3.05) is 0 Å². The highest BCUT2D eigenvalue weighted by Crippen LogP contribution is 2.29. The van der Waals surface area contributed by atoms with Gasteiger partial charge in [0.25, 0.3) is 5.56 Å². The zero-order valence-electron chi connectivity index (χ0n) is 13.5. The molecule has 0 bridgehead atoms. The molecule has 4 rings (SSSR count). The van der Waals surface area contributed by atoms with Crippen molar-refractivity contribution in [1.82, 2.24) is 19.2 Å². The van der Waals surface area contributed by atoms with E-state index in [0.717, 1.165) is 27.2 Å². The van der Waals surface area contributed by atoms with Crippen molar-refractivity contribution in [3.8, 4) is 0 Å². The molecular weight excluding hydrogens is 376 g/mol. The lowest BCUT2D eigenvalue weighted by molar-refractivity contribution is 0.662. The largest absolute Gasteiger partial charge is 0.276 e. The molecule has 3 heterocycles. The average molecular weight is 391 g/mol. The summed E-state index contributed by atoms with van der Waals surface area (Å²) in [4.78, 5) is 14.0. The molecule has 5 nitrogen and oxygen atoms in total. The highest BCUT2D eigenvalue weighted by atomic mass is 35.5. The Bertz CT molecular complexity index is 1110. The van der Waals surface area contributed by atoms with E-state index in [4.69, 9.17) is 11.6 Å². The van der Waals surface area contributed by atoms with Crippen LogP contribution in [0.4, 0.5) is 0 Å². The molecule has 0 aliphatic carbocycles. The molecule has 0 aliphatic heterocycles. The van der Waals surface area contributed by atoms with E-state index in [1.807, 2.05) is 47.7 Å². The monoisotopic (exact) mass is 390 g/mol. The zero-order chi connectivity index (χ0) is 17.4. The van der Waals surface area contributed by atoms with Crippen LogP contribution in [0.3, 0.4) is 0 Å². The van der Waals surface area contributed by atoms with Crippen LogP contribution in [-0.4, -0.2) is 19.2 Å². The molecule has 0 fully saturated rings. The number of nitrogens with zero attached hydrogens (tertiary/aromatic N) is 4. The van der Waals surface area contributed by atoms with Crippen molar-refractivity contribution in [3.05, 3.63) is 56.0 Å². The van der Waals surface area contributed by atoms with E-state index in [1.54, 1.807) is 27.7 Å². The Morgan fingerprint density at radius 2 is 2.04 bits per heavy atom. The van der Waals surface area contributed by atoms with E-state index in [2.05, 4.69) is 10.2 Å². The first kappa shape index (κ1) is 16.6. The smallest absolute Gasteiger partial charge is 0.262 e. The van der Waals surface area contributed by atoms with Gasteiger partial charge in [0.1, 0.15) is 0 Å². The van der Waals surface area contributed by atoms with Crippen LogP contribution < -0.4 is 5.56 Å². The van der Waals surface area contributed by atoms with Crippen molar-refractivity contribution < 1.29 is 0 Å². The van der Waals surface area contributed by atoms with Crippen LogP contribution >= 0.6 is 34.7 Å². The van der Waals surface area contributed by atoms with Gasteiger partial charge in [0, 0.05) is 17.2 Å². The number of aromatic nitrogens is 4. The molecule has 0 aliphatic rings. The number of hydrogen-bond acceptors (Lipinski definition) is 5. The first-order valence-electron chi connectivity index (χ1n) is 7.92. The van der Waals surface area contributed by atoms with Gasteiger partial charge in [0.05, 0.1) is 15.2 Å². The Labute approximate surface area is 157 Å². The predicted octanol–water partition coefficient (Wildman–Crippen LogP) is 4.46. The SMILES string of the molecule is CCCn1c(=O)c2ccccc2n2c(SCc3ccc(Cl)s3)nnc12. The maximum absolute atomic E-state index is 12.8. The lowest BCUT2D eigenvalue weighted by Gasteiger charge is -2.10. The summed E-state index contributed by atoms with van der Waals surface area (Å²) in [6.07, 6.45) is 0.858. The number of benzene rings is 1. The number of fused-ring (bicyclic) bond motifs is 3. The normalized spacial score (nSPS) is 11.6. The van der Waals surface area contributed by atoms with E-state index < -0.39 is 0 Å². The molecule has 0 saturated carbocycles. The van der Waals surface area contributed by atoms with E-state index in [0.29, 0.717) is 17.7 Å². The predicted molar refractivity (Wildman–Crippen MR) is 104 cm³/mol. The molecular formula is C17H15ClN4OS2. The van der Waals surface area contributed by atoms with Gasteiger partial charge < -0.3 is 0 Å². The van der Waals surface area contributed by atoms with Crippen LogP contribution in [0.15, 0.2) is 46.3 Å². The molecule has 25 heavy (non-hydrogen) atoms. The third-order valence-corrected chi connectivity index (χ3v) is 6.29. The van der Waals surface area contributed by atoms with Crippen LogP contribution in [0, 0.1) is 0 Å². The molecule has 0 spiro atoms. The number of halogens is 1. The second kappa shape index (κ2) is 6.82. The molecule has 1 aromatic carbocycles. The zero-order valence-corrected chi connectivity index (χ0v) is 15.9. The first-order chi connectivity index (χ1) is 12.2. The van der Waals surface area contributed by atoms with Crippen molar-refractivity contribution in [2.24, 2.45) is 0 Å². The van der Waals surface area contributed by atoms with Crippen molar-refractivity contribution in [1.29, 1.82) is 0 Å². The van der Waals surface area contributed by atoms with Crippen LogP contribution in [-0.2, 0) is 12.3 Å². The highest BCUT2D eigenvalue weighted by molar-refractivity contribution is 7.98. The Hall–Kier alpha value is -1.83. The van der Waals surface area contributed by atoms with E-state index in [9.17, 15) is 4.79 Å². The van der Waals surface area contributed by atoms with Gasteiger partial charge in [0.15, 0.2) is 5.16 Å². The van der Waals surface area contributed by atoms with Crippen molar-refractivity contribution in [3.63, 3.8) is 0 Å². The molecule has 0 saturated heterocycles. The van der Waals surface area contributed by atoms with Crippen LogP contribution in [0.2, 0.25) is 4.34 Å². The molecule has 128 valence electrons. The molecule has 4 aromatic rings.